The van der Waals surface area contributed by atoms with Gasteiger partial charge in [-0.3, -0.25) is 4.79 Å². The summed E-state index contributed by atoms with van der Waals surface area (Å²) in [5.74, 6) is 0.627. The molecule has 1 amide bonds. The van der Waals surface area contributed by atoms with Gasteiger partial charge in [0, 0.05) is 0 Å². The third kappa shape index (κ3) is 3.03. The number of nitrogens with one attached hydrogen (secondary N) is 1. The Morgan fingerprint density at radius 2 is 1.91 bits per heavy atom. The Hall–Kier alpha value is -2.95. The molecule has 1 aromatic heterocycles. The van der Waals surface area contributed by atoms with E-state index in [1.165, 1.54) is 0 Å². The van der Waals surface area contributed by atoms with Crippen LogP contribution in [0.3, 0.4) is 0 Å². The molecular formula is C17H16N4O. The van der Waals surface area contributed by atoms with Gasteiger partial charge in [-0.2, -0.15) is 5.10 Å². The molecule has 0 spiro atoms. The number of carbonyl (C=O) groups excluding carboxylic acids is 1. The van der Waals surface area contributed by atoms with Crippen LogP contribution in [0.2, 0.25) is 0 Å². The van der Waals surface area contributed by atoms with Gasteiger partial charge in [0.25, 0.3) is 5.91 Å². The minimum atomic E-state index is -0.182. The number of rotatable bonds is 4. The van der Waals surface area contributed by atoms with Gasteiger partial charge in [0.05, 0.1) is 17.2 Å². The molecule has 1 N–H and O–H groups in total. The first kappa shape index (κ1) is 14.0. The predicted octanol–water partition coefficient (Wildman–Crippen LogP) is 2.50. The van der Waals surface area contributed by atoms with E-state index in [-0.39, 0.29) is 12.5 Å². The van der Waals surface area contributed by atoms with Crippen molar-refractivity contribution in [2.75, 3.05) is 0 Å². The van der Waals surface area contributed by atoms with Gasteiger partial charge >= 0.3 is 0 Å². The maximum absolute atomic E-state index is 12.0. The molecule has 0 saturated heterocycles. The van der Waals surface area contributed by atoms with Crippen molar-refractivity contribution in [2.24, 2.45) is 5.10 Å². The van der Waals surface area contributed by atoms with Crippen LogP contribution in [0.15, 0.2) is 59.7 Å². The second-order valence-corrected chi connectivity index (χ2v) is 4.94. The van der Waals surface area contributed by atoms with Crippen LogP contribution >= 0.6 is 0 Å². The highest BCUT2D eigenvalue weighted by molar-refractivity contribution is 5.83. The minimum absolute atomic E-state index is 0.182. The highest BCUT2D eigenvalue weighted by atomic mass is 16.2. The Bertz CT molecular complexity index is 821. The molecule has 0 unspecified atom stereocenters. The Morgan fingerprint density at radius 3 is 2.73 bits per heavy atom. The maximum Gasteiger partial charge on any atom is 0.260 e. The zero-order valence-electron chi connectivity index (χ0n) is 12.2. The highest BCUT2D eigenvalue weighted by Gasteiger charge is 2.09. The Labute approximate surface area is 128 Å². The van der Waals surface area contributed by atoms with E-state index >= 15 is 0 Å². The molecule has 1 heterocycles. The molecule has 5 nitrogen and oxygen atoms in total. The summed E-state index contributed by atoms with van der Waals surface area (Å²) in [5, 5.41) is 3.97. The predicted molar refractivity (Wildman–Crippen MR) is 86.6 cm³/mol. The van der Waals surface area contributed by atoms with Crippen molar-refractivity contribution < 1.29 is 4.79 Å². The summed E-state index contributed by atoms with van der Waals surface area (Å²) in [6, 6.07) is 17.4. The van der Waals surface area contributed by atoms with Gasteiger partial charge in [-0.15, -0.1) is 0 Å². The Morgan fingerprint density at radius 1 is 1.18 bits per heavy atom. The number of aryl methyl sites for hydroxylation is 1. The highest BCUT2D eigenvalue weighted by Crippen LogP contribution is 2.14. The fourth-order valence-electron chi connectivity index (χ4n) is 2.29. The number of para-hydroxylation sites is 2. The lowest BCUT2D eigenvalue weighted by Gasteiger charge is -2.05. The summed E-state index contributed by atoms with van der Waals surface area (Å²) in [5.41, 5.74) is 5.32. The number of hydrogen-bond acceptors (Lipinski definition) is 3. The molecule has 3 aromatic rings. The van der Waals surface area contributed by atoms with Crippen molar-refractivity contribution in [3.8, 4) is 0 Å². The second-order valence-electron chi connectivity index (χ2n) is 4.94. The van der Waals surface area contributed by atoms with Gasteiger partial charge in [-0.05, 0) is 24.6 Å². The molecule has 0 fully saturated rings. The molecule has 0 atom stereocenters. The summed E-state index contributed by atoms with van der Waals surface area (Å²) < 4.78 is 1.88. The molecule has 0 bridgehead atoms. The van der Waals surface area contributed by atoms with Gasteiger partial charge in [-0.1, -0.05) is 42.5 Å². The summed E-state index contributed by atoms with van der Waals surface area (Å²) in [4.78, 5) is 16.5. The van der Waals surface area contributed by atoms with E-state index in [1.54, 1.807) is 6.21 Å². The van der Waals surface area contributed by atoms with Crippen molar-refractivity contribution in [3.63, 3.8) is 0 Å². The number of hydrazone groups is 1. The standard InChI is InChI=1S/C17H16N4O/c1-13-19-15-9-5-6-10-16(15)21(13)12-17(22)20-18-11-14-7-3-2-4-8-14/h2-11H,12H2,1H3,(H,20,22)/b18-11+. The molecule has 0 aliphatic carbocycles. The van der Waals surface area contributed by atoms with Gasteiger partial charge < -0.3 is 4.57 Å². The first-order chi connectivity index (χ1) is 10.7. The summed E-state index contributed by atoms with van der Waals surface area (Å²) in [7, 11) is 0. The zero-order valence-corrected chi connectivity index (χ0v) is 12.2. The summed E-state index contributed by atoms with van der Waals surface area (Å²) >= 11 is 0. The molecule has 110 valence electrons. The number of carbonyl (C=O) groups is 1. The van der Waals surface area contributed by atoms with Crippen LogP contribution in [-0.4, -0.2) is 21.7 Å². The van der Waals surface area contributed by atoms with Gasteiger partial charge in [0.1, 0.15) is 12.4 Å². The topological polar surface area (TPSA) is 59.3 Å². The fraction of sp³-hybridized carbons (Fsp3) is 0.118. The average molecular weight is 292 g/mol. The summed E-state index contributed by atoms with van der Waals surface area (Å²) in [6.07, 6.45) is 1.62. The lowest BCUT2D eigenvalue weighted by molar-refractivity contribution is -0.121. The second kappa shape index (κ2) is 6.22. The third-order valence-electron chi connectivity index (χ3n) is 3.35. The van der Waals surface area contributed by atoms with Crippen molar-refractivity contribution in [1.29, 1.82) is 0 Å². The monoisotopic (exact) mass is 292 g/mol. The van der Waals surface area contributed by atoms with Crippen LogP contribution in [0.1, 0.15) is 11.4 Å². The lowest BCUT2D eigenvalue weighted by Crippen LogP contribution is -2.23. The number of hydrogen-bond donors (Lipinski definition) is 1. The molecular weight excluding hydrogens is 276 g/mol. The lowest BCUT2D eigenvalue weighted by atomic mass is 10.2. The molecule has 3 rings (SSSR count). The van der Waals surface area contributed by atoms with E-state index in [2.05, 4.69) is 15.5 Å². The molecule has 0 radical (unpaired) electrons. The molecule has 0 aliphatic rings. The maximum atomic E-state index is 12.0. The van der Waals surface area contributed by atoms with Crippen LogP contribution in [0.4, 0.5) is 0 Å². The SMILES string of the molecule is Cc1nc2ccccc2n1CC(=O)N/N=C/c1ccccc1. The first-order valence-corrected chi connectivity index (χ1v) is 7.03. The van der Waals surface area contributed by atoms with Gasteiger partial charge in [-0.25, -0.2) is 10.4 Å². The molecule has 0 aliphatic heterocycles. The van der Waals surface area contributed by atoms with Crippen molar-refractivity contribution in [1.82, 2.24) is 15.0 Å². The van der Waals surface area contributed by atoms with Gasteiger partial charge in [0.2, 0.25) is 0 Å². The Kier molecular flexibility index (Phi) is 3.96. The molecule has 22 heavy (non-hydrogen) atoms. The smallest absolute Gasteiger partial charge is 0.260 e. The third-order valence-corrected chi connectivity index (χ3v) is 3.35. The zero-order chi connectivity index (χ0) is 15.4. The van der Waals surface area contributed by atoms with Crippen LogP contribution in [0.25, 0.3) is 11.0 Å². The van der Waals surface area contributed by atoms with Crippen LogP contribution in [0.5, 0.6) is 0 Å². The molecule has 0 saturated carbocycles. The van der Waals surface area contributed by atoms with E-state index in [9.17, 15) is 4.79 Å². The van der Waals surface area contributed by atoms with E-state index in [0.717, 1.165) is 22.4 Å². The van der Waals surface area contributed by atoms with Crippen LogP contribution in [-0.2, 0) is 11.3 Å². The first-order valence-electron chi connectivity index (χ1n) is 7.03. The number of amides is 1. The number of aromatic nitrogens is 2. The van der Waals surface area contributed by atoms with Crippen molar-refractivity contribution in [3.05, 3.63) is 66.0 Å². The average Bonchev–Trinajstić information content (AvgIpc) is 2.84. The fourth-order valence-corrected chi connectivity index (χ4v) is 2.29. The van der Waals surface area contributed by atoms with E-state index in [4.69, 9.17) is 0 Å². The van der Waals surface area contributed by atoms with Gasteiger partial charge in [0.15, 0.2) is 0 Å². The number of benzene rings is 2. The van der Waals surface area contributed by atoms with E-state index < -0.39 is 0 Å². The molecule has 2 aromatic carbocycles. The number of nitrogens with zero attached hydrogens (tertiary/aromatic N) is 3. The quantitative estimate of drug-likeness (QED) is 0.593. The largest absolute Gasteiger partial charge is 0.319 e. The normalized spacial score (nSPS) is 11.1. The number of imidazole rings is 1. The molecule has 5 heteroatoms. The van der Waals surface area contributed by atoms with E-state index in [0.29, 0.717) is 0 Å². The van der Waals surface area contributed by atoms with Crippen LogP contribution in [0, 0.1) is 6.92 Å². The minimum Gasteiger partial charge on any atom is -0.319 e. The van der Waals surface area contributed by atoms with E-state index in [1.807, 2.05) is 66.1 Å². The Balaban J connectivity index is 1.69. The number of fused-ring (bicyclic) bond motifs is 1. The van der Waals surface area contributed by atoms with Crippen LogP contribution < -0.4 is 5.43 Å². The van der Waals surface area contributed by atoms with Crippen molar-refractivity contribution >= 4 is 23.2 Å². The summed E-state index contributed by atoms with van der Waals surface area (Å²) in [6.45, 7) is 2.08. The van der Waals surface area contributed by atoms with Crippen molar-refractivity contribution in [2.45, 2.75) is 13.5 Å².